The van der Waals surface area contributed by atoms with E-state index in [2.05, 4.69) is 21.4 Å². The van der Waals surface area contributed by atoms with Crippen LogP contribution in [0.15, 0.2) is 44.4 Å². The summed E-state index contributed by atoms with van der Waals surface area (Å²) in [5.41, 5.74) is 1.45. The fourth-order valence-electron chi connectivity index (χ4n) is 2.62. The molecular weight excluding hydrogens is 406 g/mol. The number of phenols is 1. The molecule has 2 heterocycles. The molecule has 1 aliphatic rings. The van der Waals surface area contributed by atoms with Crippen LogP contribution in [0.1, 0.15) is 12.5 Å². The van der Waals surface area contributed by atoms with E-state index in [0.29, 0.717) is 27.7 Å². The summed E-state index contributed by atoms with van der Waals surface area (Å²) >= 11 is 1.99. The van der Waals surface area contributed by atoms with Gasteiger partial charge in [0.05, 0.1) is 28.5 Å². The minimum atomic E-state index is -3.86. The maximum absolute atomic E-state index is 13.3. The summed E-state index contributed by atoms with van der Waals surface area (Å²) in [6.07, 6.45) is 1.80. The zero-order valence-electron chi connectivity index (χ0n) is 14.3. The Labute approximate surface area is 166 Å². The first-order chi connectivity index (χ1) is 13.0. The Hall–Kier alpha value is -2.00. The molecule has 3 rings (SSSR count). The normalized spacial score (nSPS) is 14.9. The molecule has 10 heteroatoms. The highest BCUT2D eigenvalue weighted by molar-refractivity contribution is 7.98. The molecule has 1 aromatic carbocycles. The van der Waals surface area contributed by atoms with Crippen molar-refractivity contribution in [1.82, 2.24) is 5.32 Å². The molecule has 2 aromatic rings. The first-order valence-electron chi connectivity index (χ1n) is 7.80. The number of thiophene rings is 1. The Balaban J connectivity index is 2.08. The van der Waals surface area contributed by atoms with Crippen LogP contribution in [0.5, 0.6) is 5.75 Å². The number of phenolic OH excluding ortho intramolecular Hbond substituents is 1. The van der Waals surface area contributed by atoms with Crippen molar-refractivity contribution in [2.24, 2.45) is 5.90 Å². The number of rotatable bonds is 6. The van der Waals surface area contributed by atoms with E-state index in [1.807, 2.05) is 0 Å². The van der Waals surface area contributed by atoms with Crippen molar-refractivity contribution < 1.29 is 17.8 Å². The monoisotopic (exact) mass is 423 g/mol. The van der Waals surface area contributed by atoms with Crippen LogP contribution in [0.25, 0.3) is 6.08 Å². The van der Waals surface area contributed by atoms with Crippen molar-refractivity contribution in [1.29, 1.82) is 0 Å². The van der Waals surface area contributed by atoms with Gasteiger partial charge in [0.2, 0.25) is 0 Å². The number of hydrogen-bond donors (Lipinski definition) is 3. The maximum atomic E-state index is 13.3. The second kappa shape index (κ2) is 8.35. The zero-order valence-corrected chi connectivity index (χ0v) is 16.7. The molecule has 0 amide bonds. The first-order valence-corrected chi connectivity index (χ1v) is 10.8. The van der Waals surface area contributed by atoms with E-state index in [4.69, 9.17) is 5.90 Å². The van der Waals surface area contributed by atoms with E-state index < -0.39 is 10.0 Å². The Kier molecular flexibility index (Phi) is 6.11. The standard InChI is InChI=1S/C17H17N3O4S3/c1-2-3-7-19-11-14-8-12-9-16(26-24-18)25-17(12)27(22,23)20(14)13-5-4-6-15(21)10-13/h4-6,8-10,19,21H,7,11,18H2,1H3. The average molecular weight is 424 g/mol. The topological polar surface area (TPSA) is 105 Å². The number of hydrogen-bond acceptors (Lipinski definition) is 8. The van der Waals surface area contributed by atoms with Gasteiger partial charge in [-0.05, 0) is 31.2 Å². The van der Waals surface area contributed by atoms with Gasteiger partial charge in [-0.1, -0.05) is 12.0 Å². The minimum absolute atomic E-state index is 0.0170. The number of nitrogens with one attached hydrogen (secondary N) is 1. The number of fused-ring (bicyclic) bond motifs is 1. The lowest BCUT2D eigenvalue weighted by atomic mass is 10.2. The van der Waals surface area contributed by atoms with Crippen molar-refractivity contribution in [3.63, 3.8) is 0 Å². The molecule has 0 radical (unpaired) electrons. The van der Waals surface area contributed by atoms with E-state index in [9.17, 15) is 13.5 Å². The maximum Gasteiger partial charge on any atom is 0.278 e. The Morgan fingerprint density at radius 2 is 2.22 bits per heavy atom. The Morgan fingerprint density at radius 3 is 2.93 bits per heavy atom. The van der Waals surface area contributed by atoms with Gasteiger partial charge in [-0.3, -0.25) is 0 Å². The molecule has 27 heavy (non-hydrogen) atoms. The van der Waals surface area contributed by atoms with Gasteiger partial charge >= 0.3 is 0 Å². The molecule has 0 unspecified atom stereocenters. The smallest absolute Gasteiger partial charge is 0.278 e. The second-order valence-corrected chi connectivity index (χ2v) is 9.53. The van der Waals surface area contributed by atoms with Gasteiger partial charge in [0.25, 0.3) is 10.0 Å². The number of nitrogens with two attached hydrogens (primary N) is 1. The van der Waals surface area contributed by atoms with Gasteiger partial charge < -0.3 is 10.4 Å². The predicted molar refractivity (Wildman–Crippen MR) is 108 cm³/mol. The van der Waals surface area contributed by atoms with Crippen LogP contribution in [0, 0.1) is 11.8 Å². The molecule has 0 aliphatic carbocycles. The van der Waals surface area contributed by atoms with Gasteiger partial charge in [0, 0.05) is 23.9 Å². The van der Waals surface area contributed by atoms with Crippen molar-refractivity contribution >= 4 is 45.2 Å². The third kappa shape index (κ3) is 4.14. The zero-order chi connectivity index (χ0) is 19.4. The van der Waals surface area contributed by atoms with Gasteiger partial charge in [0.1, 0.15) is 9.96 Å². The van der Waals surface area contributed by atoms with Crippen LogP contribution in [0.3, 0.4) is 0 Å². The molecule has 1 aliphatic heterocycles. The number of aromatic hydroxyl groups is 1. The van der Waals surface area contributed by atoms with Crippen LogP contribution < -0.4 is 15.5 Å². The number of benzene rings is 1. The van der Waals surface area contributed by atoms with Gasteiger partial charge in [0.15, 0.2) is 0 Å². The third-order valence-corrected chi connectivity index (χ3v) is 7.74. The fourth-order valence-corrected chi connectivity index (χ4v) is 6.47. The summed E-state index contributed by atoms with van der Waals surface area (Å²) < 4.78 is 33.2. The third-order valence-electron chi connectivity index (χ3n) is 3.65. The van der Waals surface area contributed by atoms with Gasteiger partial charge in [-0.2, -0.15) is 8.42 Å². The summed E-state index contributed by atoms with van der Waals surface area (Å²) in [7, 11) is -3.86. The molecule has 0 bridgehead atoms. The summed E-state index contributed by atoms with van der Waals surface area (Å²) in [6.45, 7) is 2.45. The Morgan fingerprint density at radius 1 is 1.41 bits per heavy atom. The first kappa shape index (κ1) is 19.8. The van der Waals surface area contributed by atoms with Crippen molar-refractivity contribution in [2.75, 3.05) is 17.4 Å². The van der Waals surface area contributed by atoms with Crippen LogP contribution in [-0.4, -0.2) is 26.6 Å². The second-order valence-electron chi connectivity index (χ2n) is 5.44. The van der Waals surface area contributed by atoms with Crippen molar-refractivity contribution in [2.45, 2.75) is 15.3 Å². The van der Waals surface area contributed by atoms with E-state index >= 15 is 0 Å². The fraction of sp³-hybridized carbons (Fsp3) is 0.176. The average Bonchev–Trinajstić information content (AvgIpc) is 3.02. The molecule has 0 spiro atoms. The molecule has 0 saturated carbocycles. The van der Waals surface area contributed by atoms with Crippen LogP contribution >= 0.6 is 23.4 Å². The number of anilines is 1. The SMILES string of the molecule is CC#CCNCC1=Cc2cc(SON)sc2S(=O)(=O)N1c1cccc(O)c1. The molecule has 142 valence electrons. The summed E-state index contributed by atoms with van der Waals surface area (Å²) in [5, 5.41) is 12.9. The lowest BCUT2D eigenvalue weighted by Gasteiger charge is -2.30. The van der Waals surface area contributed by atoms with E-state index in [1.54, 1.807) is 31.2 Å². The van der Waals surface area contributed by atoms with E-state index in [-0.39, 0.29) is 16.5 Å². The molecule has 0 atom stereocenters. The number of sulfonamides is 1. The van der Waals surface area contributed by atoms with Gasteiger partial charge in [-0.25, -0.2) is 14.5 Å². The predicted octanol–water partition coefficient (Wildman–Crippen LogP) is 2.51. The summed E-state index contributed by atoms with van der Waals surface area (Å²) in [6, 6.07) is 7.85. The molecule has 0 fully saturated rings. The lowest BCUT2D eigenvalue weighted by Crippen LogP contribution is -2.37. The van der Waals surface area contributed by atoms with E-state index in [0.717, 1.165) is 23.4 Å². The number of nitrogens with zero attached hydrogens (tertiary/aromatic N) is 1. The van der Waals surface area contributed by atoms with Crippen molar-refractivity contribution in [3.8, 4) is 17.6 Å². The highest BCUT2D eigenvalue weighted by atomic mass is 32.3. The van der Waals surface area contributed by atoms with Crippen LogP contribution in [0.2, 0.25) is 0 Å². The molecule has 4 N–H and O–H groups in total. The van der Waals surface area contributed by atoms with Crippen LogP contribution in [0.4, 0.5) is 5.69 Å². The van der Waals surface area contributed by atoms with E-state index in [1.165, 1.54) is 16.4 Å². The molecule has 7 nitrogen and oxygen atoms in total. The minimum Gasteiger partial charge on any atom is -0.508 e. The summed E-state index contributed by atoms with van der Waals surface area (Å²) in [5.74, 6) is 10.7. The lowest BCUT2D eigenvalue weighted by molar-refractivity contribution is 0.399. The molecule has 1 aromatic heterocycles. The quantitative estimate of drug-likeness (QED) is 0.284. The van der Waals surface area contributed by atoms with Gasteiger partial charge in [-0.15, -0.1) is 17.3 Å². The Bertz CT molecular complexity index is 1040. The van der Waals surface area contributed by atoms with Crippen molar-refractivity contribution in [3.05, 3.63) is 41.6 Å². The highest BCUT2D eigenvalue weighted by Gasteiger charge is 2.36. The molecule has 0 saturated heterocycles. The summed E-state index contributed by atoms with van der Waals surface area (Å²) in [4.78, 5) is 0. The molecular formula is C17H17N3O4S3. The highest BCUT2D eigenvalue weighted by Crippen LogP contribution is 2.42. The largest absolute Gasteiger partial charge is 0.508 e. The van der Waals surface area contributed by atoms with Crippen LogP contribution in [-0.2, 0) is 14.3 Å².